The van der Waals surface area contributed by atoms with Gasteiger partial charge in [-0.1, -0.05) is 36.4 Å². The highest BCUT2D eigenvalue weighted by Gasteiger charge is 2.33. The number of nitrogens with zero attached hydrogens (tertiary/aromatic N) is 2. The smallest absolute Gasteiger partial charge is 0.233 e. The minimum Gasteiger partial charge on any atom is -0.373 e. The van der Waals surface area contributed by atoms with Crippen LogP contribution in [0.4, 0.5) is 4.39 Å². The molecule has 1 saturated heterocycles. The van der Waals surface area contributed by atoms with E-state index in [1.165, 1.54) is 16.4 Å². The average molecular weight is 451 g/mol. The number of amides is 1. The van der Waals surface area contributed by atoms with Gasteiger partial charge in [-0.2, -0.15) is 0 Å². The SMILES string of the molecule is Cc1ccc(F)cc1COC1CCN(S(=O)(=O)CC(c2ccccc2)N(O)C=O)CC1. The van der Waals surface area contributed by atoms with E-state index in [2.05, 4.69) is 0 Å². The summed E-state index contributed by atoms with van der Waals surface area (Å²) in [7, 11) is -3.72. The van der Waals surface area contributed by atoms with Crippen LogP contribution in [-0.2, 0) is 26.2 Å². The molecule has 0 bridgehead atoms. The second-order valence-corrected chi connectivity index (χ2v) is 9.68. The molecule has 1 N–H and O–H groups in total. The fourth-order valence-corrected chi connectivity index (χ4v) is 5.38. The number of hydrogen-bond donors (Lipinski definition) is 1. The third-order valence-electron chi connectivity index (χ3n) is 5.56. The summed E-state index contributed by atoms with van der Waals surface area (Å²) in [6.07, 6.45) is 1.12. The first-order chi connectivity index (χ1) is 14.8. The van der Waals surface area contributed by atoms with Crippen LogP contribution in [0.2, 0.25) is 0 Å². The van der Waals surface area contributed by atoms with Crippen molar-refractivity contribution in [2.45, 2.75) is 38.5 Å². The first kappa shape index (κ1) is 23.3. The molecule has 1 fully saturated rings. The number of carbonyl (C=O) groups excluding carboxylic acids is 1. The summed E-state index contributed by atoms with van der Waals surface area (Å²) in [6, 6.07) is 12.1. The van der Waals surface area contributed by atoms with Crippen LogP contribution < -0.4 is 0 Å². The van der Waals surface area contributed by atoms with Gasteiger partial charge in [0.25, 0.3) is 0 Å². The van der Waals surface area contributed by atoms with Crippen molar-refractivity contribution in [1.29, 1.82) is 0 Å². The van der Waals surface area contributed by atoms with Crippen LogP contribution in [0.5, 0.6) is 0 Å². The maximum Gasteiger partial charge on any atom is 0.233 e. The number of ether oxygens (including phenoxy) is 1. The van der Waals surface area contributed by atoms with E-state index in [1.54, 1.807) is 36.4 Å². The van der Waals surface area contributed by atoms with Crippen LogP contribution in [0.25, 0.3) is 0 Å². The van der Waals surface area contributed by atoms with E-state index in [-0.39, 0.29) is 38.0 Å². The second kappa shape index (κ2) is 10.3. The highest BCUT2D eigenvalue weighted by Crippen LogP contribution is 2.25. The molecule has 1 amide bonds. The Morgan fingerprint density at radius 2 is 1.90 bits per heavy atom. The number of sulfonamides is 1. The zero-order valence-electron chi connectivity index (χ0n) is 17.4. The van der Waals surface area contributed by atoms with E-state index in [0.717, 1.165) is 11.1 Å². The average Bonchev–Trinajstić information content (AvgIpc) is 2.78. The summed E-state index contributed by atoms with van der Waals surface area (Å²) < 4.78 is 46.6. The number of benzene rings is 2. The molecule has 0 radical (unpaired) electrons. The Morgan fingerprint density at radius 3 is 2.55 bits per heavy atom. The van der Waals surface area contributed by atoms with Crippen LogP contribution in [-0.4, -0.2) is 54.3 Å². The van der Waals surface area contributed by atoms with Crippen molar-refractivity contribution in [2.24, 2.45) is 0 Å². The van der Waals surface area contributed by atoms with Gasteiger partial charge in [0.15, 0.2) is 0 Å². The summed E-state index contributed by atoms with van der Waals surface area (Å²) in [5.41, 5.74) is 2.25. The van der Waals surface area contributed by atoms with Crippen molar-refractivity contribution in [2.75, 3.05) is 18.8 Å². The van der Waals surface area contributed by atoms with Crippen molar-refractivity contribution < 1.29 is 27.5 Å². The Morgan fingerprint density at radius 1 is 1.23 bits per heavy atom. The predicted molar refractivity (Wildman–Crippen MR) is 113 cm³/mol. The maximum atomic E-state index is 13.4. The van der Waals surface area contributed by atoms with Crippen LogP contribution in [0.3, 0.4) is 0 Å². The van der Waals surface area contributed by atoms with Crippen LogP contribution >= 0.6 is 0 Å². The lowest BCUT2D eigenvalue weighted by atomic mass is 10.1. The fourth-order valence-electron chi connectivity index (χ4n) is 3.66. The van der Waals surface area contributed by atoms with E-state index in [0.29, 0.717) is 23.5 Å². The molecule has 168 valence electrons. The van der Waals surface area contributed by atoms with Crippen molar-refractivity contribution >= 4 is 16.4 Å². The van der Waals surface area contributed by atoms with E-state index >= 15 is 0 Å². The molecule has 0 spiro atoms. The lowest BCUT2D eigenvalue weighted by Gasteiger charge is -2.33. The van der Waals surface area contributed by atoms with Gasteiger partial charge in [0.05, 0.1) is 24.5 Å². The van der Waals surface area contributed by atoms with Crippen molar-refractivity contribution in [3.63, 3.8) is 0 Å². The van der Waals surface area contributed by atoms with Crippen LogP contribution in [0.1, 0.15) is 35.6 Å². The number of piperidine rings is 1. The van der Waals surface area contributed by atoms with Gasteiger partial charge in [0.1, 0.15) is 5.82 Å². The van der Waals surface area contributed by atoms with Gasteiger partial charge in [0, 0.05) is 13.1 Å². The molecule has 0 aromatic heterocycles. The van der Waals surface area contributed by atoms with Gasteiger partial charge in [-0.15, -0.1) is 0 Å². The molecule has 1 aliphatic heterocycles. The molecule has 0 aliphatic carbocycles. The van der Waals surface area contributed by atoms with Gasteiger partial charge in [-0.05, 0) is 48.6 Å². The van der Waals surface area contributed by atoms with Crippen LogP contribution in [0, 0.1) is 12.7 Å². The van der Waals surface area contributed by atoms with Gasteiger partial charge < -0.3 is 4.74 Å². The van der Waals surface area contributed by atoms with Gasteiger partial charge in [0.2, 0.25) is 16.4 Å². The van der Waals surface area contributed by atoms with Gasteiger partial charge in [-0.25, -0.2) is 22.2 Å². The predicted octanol–water partition coefficient (Wildman–Crippen LogP) is 3.03. The van der Waals surface area contributed by atoms with Crippen molar-refractivity contribution in [1.82, 2.24) is 9.37 Å². The first-order valence-corrected chi connectivity index (χ1v) is 11.7. The maximum absolute atomic E-state index is 13.4. The third kappa shape index (κ3) is 6.10. The zero-order chi connectivity index (χ0) is 22.4. The molecule has 2 aromatic carbocycles. The highest BCUT2D eigenvalue weighted by molar-refractivity contribution is 7.89. The highest BCUT2D eigenvalue weighted by atomic mass is 32.2. The molecular weight excluding hydrogens is 423 g/mol. The fraction of sp³-hybridized carbons (Fsp3) is 0.409. The number of rotatable bonds is 9. The molecule has 1 aliphatic rings. The summed E-state index contributed by atoms with van der Waals surface area (Å²) in [5.74, 6) is -0.730. The zero-order valence-corrected chi connectivity index (χ0v) is 18.2. The van der Waals surface area contributed by atoms with E-state index in [4.69, 9.17) is 4.74 Å². The Bertz CT molecular complexity index is 979. The lowest BCUT2D eigenvalue weighted by Crippen LogP contribution is -2.44. The lowest BCUT2D eigenvalue weighted by molar-refractivity contribution is -0.159. The molecule has 1 unspecified atom stereocenters. The molecule has 7 nitrogen and oxygen atoms in total. The largest absolute Gasteiger partial charge is 0.373 e. The first-order valence-electron chi connectivity index (χ1n) is 10.1. The van der Waals surface area contributed by atoms with E-state index in [1.807, 2.05) is 6.92 Å². The number of aryl methyl sites for hydroxylation is 1. The molecule has 3 rings (SSSR count). The van der Waals surface area contributed by atoms with Crippen molar-refractivity contribution in [3.05, 3.63) is 71.0 Å². The van der Waals surface area contributed by atoms with E-state index in [9.17, 15) is 22.8 Å². The number of carbonyl (C=O) groups is 1. The summed E-state index contributed by atoms with van der Waals surface area (Å²) >= 11 is 0. The summed E-state index contributed by atoms with van der Waals surface area (Å²) in [5, 5.41) is 10.3. The van der Waals surface area contributed by atoms with E-state index < -0.39 is 21.8 Å². The molecular formula is C22H27FN2O5S. The monoisotopic (exact) mass is 450 g/mol. The minimum atomic E-state index is -3.72. The summed E-state index contributed by atoms with van der Waals surface area (Å²) in [6.45, 7) is 2.72. The normalized spacial score (nSPS) is 16.7. The Kier molecular flexibility index (Phi) is 7.77. The molecule has 1 heterocycles. The van der Waals surface area contributed by atoms with Gasteiger partial charge in [-0.3, -0.25) is 10.0 Å². The second-order valence-electron chi connectivity index (χ2n) is 7.67. The quantitative estimate of drug-likeness (QED) is 0.361. The molecule has 2 aromatic rings. The van der Waals surface area contributed by atoms with Crippen LogP contribution in [0.15, 0.2) is 48.5 Å². The molecule has 1 atom stereocenters. The topological polar surface area (TPSA) is 87.2 Å². The Hall–Kier alpha value is -2.33. The third-order valence-corrected chi connectivity index (χ3v) is 7.45. The number of hydrogen-bond acceptors (Lipinski definition) is 5. The van der Waals surface area contributed by atoms with Crippen molar-refractivity contribution in [3.8, 4) is 0 Å². The standard InChI is InChI=1S/C22H27FN2O5S/c1-17-7-8-20(23)13-19(17)14-30-21-9-11-24(12-10-21)31(28,29)15-22(25(27)16-26)18-5-3-2-4-6-18/h2-8,13,16,21-22,27H,9-12,14-15H2,1H3. The van der Waals surface area contributed by atoms with Gasteiger partial charge >= 0.3 is 0 Å². The number of halogens is 1. The Balaban J connectivity index is 1.58. The minimum absolute atomic E-state index is 0.122. The molecule has 0 saturated carbocycles. The molecule has 31 heavy (non-hydrogen) atoms. The molecule has 9 heteroatoms. The summed E-state index contributed by atoms with van der Waals surface area (Å²) in [4.78, 5) is 11.1. The number of hydroxylamine groups is 2. The Labute approximate surface area is 182 Å².